The minimum Gasteiger partial charge on any atom is -0.491 e. The predicted octanol–water partition coefficient (Wildman–Crippen LogP) is 4.07. The van der Waals surface area contributed by atoms with Gasteiger partial charge in [0, 0.05) is 35.6 Å². The van der Waals surface area contributed by atoms with Crippen molar-refractivity contribution in [3.05, 3.63) is 59.2 Å². The zero-order valence-corrected chi connectivity index (χ0v) is 19.1. The normalized spacial score (nSPS) is 13.3. The minimum absolute atomic E-state index is 0.0511. The number of benzene rings is 2. The van der Waals surface area contributed by atoms with Crippen molar-refractivity contribution in [1.82, 2.24) is 4.57 Å². The lowest BCUT2D eigenvalue weighted by Crippen LogP contribution is -2.29. The lowest BCUT2D eigenvalue weighted by atomic mass is 10.1. The number of hydrogen-bond donors (Lipinski definition) is 2. The van der Waals surface area contributed by atoms with E-state index in [1.165, 1.54) is 0 Å². The highest BCUT2D eigenvalue weighted by molar-refractivity contribution is 6.30. The van der Waals surface area contributed by atoms with Crippen LogP contribution < -0.4 is 9.47 Å². The number of aryl methyl sites for hydroxylation is 1. The van der Waals surface area contributed by atoms with Crippen molar-refractivity contribution in [3.8, 4) is 11.5 Å². The molecule has 32 heavy (non-hydrogen) atoms. The Balaban J connectivity index is 1.65. The van der Waals surface area contributed by atoms with Gasteiger partial charge in [0.25, 0.3) is 0 Å². The molecule has 1 aromatic heterocycles. The van der Waals surface area contributed by atoms with Crippen LogP contribution in [0.15, 0.2) is 48.7 Å². The molecule has 2 aromatic carbocycles. The second-order valence-corrected chi connectivity index (χ2v) is 8.33. The van der Waals surface area contributed by atoms with E-state index in [0.29, 0.717) is 16.5 Å². The third-order valence-electron chi connectivity index (χ3n) is 4.86. The van der Waals surface area contributed by atoms with Gasteiger partial charge in [0.05, 0.1) is 6.10 Å². The molecule has 0 bridgehead atoms. The summed E-state index contributed by atoms with van der Waals surface area (Å²) in [6.45, 7) is 3.75. The van der Waals surface area contributed by atoms with Gasteiger partial charge in [-0.05, 0) is 61.9 Å². The minimum atomic E-state index is -0.994. The molecule has 3 aromatic rings. The summed E-state index contributed by atoms with van der Waals surface area (Å²) in [6, 6.07) is 12.5. The number of aliphatic hydroxyl groups excluding tert-OH is 1. The molecule has 0 radical (unpaired) electrons. The summed E-state index contributed by atoms with van der Waals surface area (Å²) in [7, 11) is 1.91. The Hall–Kier alpha value is -2.74. The number of fused-ring (bicyclic) bond motifs is 1. The highest BCUT2D eigenvalue weighted by Gasteiger charge is 2.22. The number of halogens is 1. The van der Waals surface area contributed by atoms with Crippen molar-refractivity contribution in [3.63, 3.8) is 0 Å². The standard InChI is InChI=1S/C24H28ClNO6/c1-15(2)32-23(24(28)29)10-16-12-26(3)22-9-8-20(11-21(16)22)31-14-18(27)13-30-19-6-4-17(25)5-7-19/h4-9,11-12,15,18,23,27H,10,13-14H2,1-3H3,(H,28,29). The molecule has 0 aliphatic carbocycles. The largest absolute Gasteiger partial charge is 0.491 e. The molecular formula is C24H28ClNO6. The second-order valence-electron chi connectivity index (χ2n) is 7.89. The van der Waals surface area contributed by atoms with Crippen LogP contribution in [0.3, 0.4) is 0 Å². The molecule has 172 valence electrons. The fraction of sp³-hybridized carbons (Fsp3) is 0.375. The fourth-order valence-electron chi connectivity index (χ4n) is 3.39. The summed E-state index contributed by atoms with van der Waals surface area (Å²) < 4.78 is 18.8. The van der Waals surface area contributed by atoms with E-state index < -0.39 is 18.2 Å². The van der Waals surface area contributed by atoms with Crippen LogP contribution in [0.4, 0.5) is 0 Å². The maximum absolute atomic E-state index is 11.6. The van der Waals surface area contributed by atoms with Gasteiger partial charge in [0.15, 0.2) is 6.10 Å². The maximum Gasteiger partial charge on any atom is 0.333 e. The Morgan fingerprint density at radius 2 is 1.69 bits per heavy atom. The van der Waals surface area contributed by atoms with E-state index in [-0.39, 0.29) is 25.7 Å². The van der Waals surface area contributed by atoms with Crippen LogP contribution >= 0.6 is 11.6 Å². The Bertz CT molecular complexity index is 1050. The number of nitrogens with zero attached hydrogens (tertiary/aromatic N) is 1. The summed E-state index contributed by atoms with van der Waals surface area (Å²) in [5.74, 6) is 0.194. The van der Waals surface area contributed by atoms with Gasteiger partial charge in [0.2, 0.25) is 0 Å². The first-order valence-corrected chi connectivity index (χ1v) is 10.8. The van der Waals surface area contributed by atoms with Crippen molar-refractivity contribution in [2.45, 2.75) is 38.6 Å². The van der Waals surface area contributed by atoms with Gasteiger partial charge in [-0.2, -0.15) is 0 Å². The number of hydrogen-bond acceptors (Lipinski definition) is 5. The number of aromatic nitrogens is 1. The molecule has 3 rings (SSSR count). The topological polar surface area (TPSA) is 90.2 Å². The van der Waals surface area contributed by atoms with E-state index in [1.54, 1.807) is 24.3 Å². The van der Waals surface area contributed by atoms with Crippen LogP contribution in [-0.4, -0.2) is 52.3 Å². The Kier molecular flexibility index (Phi) is 8.01. The van der Waals surface area contributed by atoms with E-state index in [0.717, 1.165) is 16.5 Å². The lowest BCUT2D eigenvalue weighted by molar-refractivity contribution is -0.153. The first-order chi connectivity index (χ1) is 15.2. The maximum atomic E-state index is 11.6. The third kappa shape index (κ3) is 6.38. The molecule has 2 atom stereocenters. The van der Waals surface area contributed by atoms with Gasteiger partial charge in [-0.1, -0.05) is 11.6 Å². The first-order valence-electron chi connectivity index (χ1n) is 10.4. The van der Waals surface area contributed by atoms with E-state index in [1.807, 2.05) is 49.9 Å². The SMILES string of the molecule is CC(C)OC(Cc1cn(C)c2ccc(OCC(O)COc3ccc(Cl)cc3)cc12)C(=O)O. The zero-order valence-electron chi connectivity index (χ0n) is 18.3. The highest BCUT2D eigenvalue weighted by Crippen LogP contribution is 2.27. The second kappa shape index (κ2) is 10.7. The number of carboxylic acids is 1. The summed E-state index contributed by atoms with van der Waals surface area (Å²) in [5, 5.41) is 21.2. The van der Waals surface area contributed by atoms with Gasteiger partial charge in [0.1, 0.15) is 30.8 Å². The number of aliphatic carboxylic acids is 1. The number of ether oxygens (including phenoxy) is 3. The molecule has 0 saturated carbocycles. The number of carboxylic acid groups (broad SMARTS) is 1. The van der Waals surface area contributed by atoms with E-state index in [9.17, 15) is 15.0 Å². The average molecular weight is 462 g/mol. The Morgan fingerprint density at radius 1 is 1.06 bits per heavy atom. The molecule has 1 heterocycles. The molecule has 2 N–H and O–H groups in total. The molecule has 0 spiro atoms. The number of aliphatic hydroxyl groups is 1. The lowest BCUT2D eigenvalue weighted by Gasteiger charge is -2.16. The molecule has 8 heteroatoms. The fourth-order valence-corrected chi connectivity index (χ4v) is 3.52. The van der Waals surface area contributed by atoms with Crippen molar-refractivity contribution >= 4 is 28.5 Å². The monoisotopic (exact) mass is 461 g/mol. The summed E-state index contributed by atoms with van der Waals surface area (Å²) in [4.78, 5) is 11.6. The highest BCUT2D eigenvalue weighted by atomic mass is 35.5. The van der Waals surface area contributed by atoms with Crippen LogP contribution in [0.2, 0.25) is 5.02 Å². The molecule has 0 amide bonds. The first kappa shape index (κ1) is 23.9. The number of rotatable bonds is 11. The van der Waals surface area contributed by atoms with Crippen molar-refractivity contribution in [1.29, 1.82) is 0 Å². The van der Waals surface area contributed by atoms with Gasteiger partial charge in [-0.15, -0.1) is 0 Å². The van der Waals surface area contributed by atoms with Crippen molar-refractivity contribution in [2.24, 2.45) is 7.05 Å². The van der Waals surface area contributed by atoms with Gasteiger partial charge in [-0.25, -0.2) is 4.79 Å². The van der Waals surface area contributed by atoms with E-state index in [4.69, 9.17) is 25.8 Å². The van der Waals surface area contributed by atoms with E-state index in [2.05, 4.69) is 0 Å². The van der Waals surface area contributed by atoms with Crippen LogP contribution in [0, 0.1) is 0 Å². The Morgan fingerprint density at radius 3 is 2.31 bits per heavy atom. The van der Waals surface area contributed by atoms with E-state index >= 15 is 0 Å². The predicted molar refractivity (Wildman–Crippen MR) is 123 cm³/mol. The Labute approximate surface area is 192 Å². The molecule has 2 unspecified atom stereocenters. The van der Waals surface area contributed by atoms with Crippen LogP contribution in [0.25, 0.3) is 10.9 Å². The van der Waals surface area contributed by atoms with Crippen LogP contribution in [0.5, 0.6) is 11.5 Å². The van der Waals surface area contributed by atoms with Gasteiger partial charge >= 0.3 is 5.97 Å². The smallest absolute Gasteiger partial charge is 0.333 e. The molecule has 7 nitrogen and oxygen atoms in total. The summed E-state index contributed by atoms with van der Waals surface area (Å²) in [6.07, 6.45) is 0.195. The van der Waals surface area contributed by atoms with Crippen molar-refractivity contribution < 1.29 is 29.2 Å². The summed E-state index contributed by atoms with van der Waals surface area (Å²) >= 11 is 5.85. The zero-order chi connectivity index (χ0) is 23.3. The average Bonchev–Trinajstić information content (AvgIpc) is 3.05. The van der Waals surface area contributed by atoms with Crippen LogP contribution in [0.1, 0.15) is 19.4 Å². The van der Waals surface area contributed by atoms with Crippen molar-refractivity contribution in [2.75, 3.05) is 13.2 Å². The molecule has 0 fully saturated rings. The molecular weight excluding hydrogens is 434 g/mol. The summed E-state index contributed by atoms with van der Waals surface area (Å²) in [5.41, 5.74) is 1.81. The molecule has 0 aliphatic rings. The molecule has 0 aliphatic heterocycles. The van der Waals surface area contributed by atoms with Gasteiger partial charge in [-0.3, -0.25) is 0 Å². The van der Waals surface area contributed by atoms with Gasteiger partial charge < -0.3 is 29.0 Å². The molecule has 0 saturated heterocycles. The quantitative estimate of drug-likeness (QED) is 0.447. The third-order valence-corrected chi connectivity index (χ3v) is 5.11. The number of carbonyl (C=O) groups is 1. The van der Waals surface area contributed by atoms with Crippen LogP contribution in [-0.2, 0) is 23.0 Å².